The summed E-state index contributed by atoms with van der Waals surface area (Å²) in [7, 11) is 0. The van der Waals surface area contributed by atoms with E-state index in [1.54, 1.807) is 0 Å². The van der Waals surface area contributed by atoms with E-state index in [0.717, 1.165) is 18.0 Å². The first-order valence-electron chi connectivity index (χ1n) is 7.82. The molecule has 0 aromatic heterocycles. The third-order valence-electron chi connectivity index (χ3n) is 4.46. The molecule has 2 fully saturated rings. The van der Waals surface area contributed by atoms with Gasteiger partial charge in [-0.15, -0.1) is 0 Å². The predicted molar refractivity (Wildman–Crippen MR) is 80.4 cm³/mol. The van der Waals surface area contributed by atoms with Crippen molar-refractivity contribution in [2.24, 2.45) is 0 Å². The molecule has 1 saturated heterocycles. The zero-order chi connectivity index (χ0) is 12.6. The van der Waals surface area contributed by atoms with Gasteiger partial charge in [-0.05, 0) is 45.1 Å². The molecule has 2 nitrogen and oxygen atoms in total. The highest BCUT2D eigenvalue weighted by Gasteiger charge is 2.21. The van der Waals surface area contributed by atoms with Crippen molar-refractivity contribution in [1.82, 2.24) is 4.90 Å². The second kappa shape index (κ2) is 8.55. The van der Waals surface area contributed by atoms with Gasteiger partial charge in [-0.25, -0.2) is 0 Å². The van der Waals surface area contributed by atoms with Crippen molar-refractivity contribution < 1.29 is 4.74 Å². The Kier molecular flexibility index (Phi) is 7.03. The first-order chi connectivity index (χ1) is 8.90. The third-order valence-corrected chi connectivity index (χ3v) is 4.81. The lowest BCUT2D eigenvalue weighted by atomic mass is 9.94. The number of halogens is 1. The van der Waals surface area contributed by atoms with Gasteiger partial charge in [0, 0.05) is 24.5 Å². The predicted octanol–water partition coefficient (Wildman–Crippen LogP) is 3.98. The van der Waals surface area contributed by atoms with Crippen molar-refractivity contribution in [3.63, 3.8) is 0 Å². The molecule has 2 aliphatic rings. The number of ether oxygens (including phenoxy) is 1. The molecule has 2 rings (SSSR count). The maximum Gasteiger partial charge on any atom is 0.0576 e. The molecule has 0 aromatic rings. The second-order valence-corrected chi connectivity index (χ2v) is 6.59. The van der Waals surface area contributed by atoms with Gasteiger partial charge in [0.2, 0.25) is 0 Å². The fourth-order valence-electron chi connectivity index (χ4n) is 3.43. The number of hydrogen-bond acceptors (Lipinski definition) is 2. The van der Waals surface area contributed by atoms with Crippen LogP contribution in [0.4, 0.5) is 0 Å². The molecule has 106 valence electrons. The quantitative estimate of drug-likeness (QED) is 0.659. The van der Waals surface area contributed by atoms with E-state index < -0.39 is 0 Å². The van der Waals surface area contributed by atoms with Gasteiger partial charge in [0.05, 0.1) is 6.10 Å². The van der Waals surface area contributed by atoms with Crippen LogP contribution in [0.3, 0.4) is 0 Å². The van der Waals surface area contributed by atoms with Gasteiger partial charge >= 0.3 is 0 Å². The smallest absolute Gasteiger partial charge is 0.0576 e. The Balaban J connectivity index is 1.67. The maximum absolute atomic E-state index is 5.71. The SMILES string of the molecule is BrCCN(CCCC1CCCO1)C1CCCCC1. The highest BCUT2D eigenvalue weighted by molar-refractivity contribution is 9.09. The summed E-state index contributed by atoms with van der Waals surface area (Å²) in [5.41, 5.74) is 0. The molecular weight excluding hydrogens is 290 g/mol. The van der Waals surface area contributed by atoms with Gasteiger partial charge in [0.25, 0.3) is 0 Å². The monoisotopic (exact) mass is 317 g/mol. The van der Waals surface area contributed by atoms with Crippen molar-refractivity contribution in [3.8, 4) is 0 Å². The van der Waals surface area contributed by atoms with Crippen molar-refractivity contribution in [3.05, 3.63) is 0 Å². The van der Waals surface area contributed by atoms with E-state index in [9.17, 15) is 0 Å². The molecule has 1 saturated carbocycles. The fourth-order valence-corrected chi connectivity index (χ4v) is 3.88. The molecular formula is C15H28BrNO. The normalized spacial score (nSPS) is 26.0. The number of hydrogen-bond donors (Lipinski definition) is 0. The third kappa shape index (κ3) is 4.82. The number of nitrogens with zero attached hydrogens (tertiary/aromatic N) is 1. The van der Waals surface area contributed by atoms with Crippen LogP contribution in [0.1, 0.15) is 57.8 Å². The van der Waals surface area contributed by atoms with Crippen LogP contribution in [-0.2, 0) is 4.74 Å². The van der Waals surface area contributed by atoms with Gasteiger partial charge in [0.1, 0.15) is 0 Å². The molecule has 0 spiro atoms. The minimum absolute atomic E-state index is 0.571. The highest BCUT2D eigenvalue weighted by atomic mass is 79.9. The number of alkyl halides is 1. The minimum atomic E-state index is 0.571. The Labute approximate surface area is 121 Å². The summed E-state index contributed by atoms with van der Waals surface area (Å²) in [5.74, 6) is 0. The first kappa shape index (κ1) is 14.8. The summed E-state index contributed by atoms with van der Waals surface area (Å²) in [4.78, 5) is 2.73. The Morgan fingerprint density at radius 2 is 1.83 bits per heavy atom. The highest BCUT2D eigenvalue weighted by Crippen LogP contribution is 2.24. The Hall–Kier alpha value is 0.400. The van der Waals surface area contributed by atoms with Gasteiger partial charge in [-0.2, -0.15) is 0 Å². The van der Waals surface area contributed by atoms with E-state index in [2.05, 4.69) is 20.8 Å². The topological polar surface area (TPSA) is 12.5 Å². The largest absolute Gasteiger partial charge is 0.378 e. The molecule has 1 atom stereocenters. The lowest BCUT2D eigenvalue weighted by Crippen LogP contribution is -2.39. The van der Waals surface area contributed by atoms with Gasteiger partial charge < -0.3 is 4.74 Å². The molecule has 0 amide bonds. The summed E-state index contributed by atoms with van der Waals surface area (Å²) in [6.07, 6.45) is 12.9. The zero-order valence-electron chi connectivity index (χ0n) is 11.6. The van der Waals surface area contributed by atoms with Crippen molar-refractivity contribution in [2.45, 2.75) is 69.9 Å². The molecule has 1 aliphatic carbocycles. The molecule has 0 bridgehead atoms. The van der Waals surface area contributed by atoms with E-state index in [-0.39, 0.29) is 0 Å². The van der Waals surface area contributed by atoms with Crippen LogP contribution in [0.15, 0.2) is 0 Å². The summed E-state index contributed by atoms with van der Waals surface area (Å²) >= 11 is 3.61. The molecule has 1 aliphatic heterocycles. The Bertz CT molecular complexity index is 213. The fraction of sp³-hybridized carbons (Fsp3) is 1.00. The van der Waals surface area contributed by atoms with Crippen LogP contribution >= 0.6 is 15.9 Å². The van der Waals surface area contributed by atoms with Gasteiger partial charge in [0.15, 0.2) is 0 Å². The molecule has 0 N–H and O–H groups in total. The average molecular weight is 318 g/mol. The second-order valence-electron chi connectivity index (χ2n) is 5.79. The first-order valence-corrected chi connectivity index (χ1v) is 8.94. The Morgan fingerprint density at radius 1 is 1.00 bits per heavy atom. The lowest BCUT2D eigenvalue weighted by Gasteiger charge is -2.34. The molecule has 0 aromatic carbocycles. The molecule has 1 unspecified atom stereocenters. The summed E-state index contributed by atoms with van der Waals surface area (Å²) in [5, 5.41) is 1.11. The minimum Gasteiger partial charge on any atom is -0.378 e. The van der Waals surface area contributed by atoms with E-state index in [0.29, 0.717) is 6.10 Å². The van der Waals surface area contributed by atoms with Crippen LogP contribution < -0.4 is 0 Å². The van der Waals surface area contributed by atoms with Crippen LogP contribution in [-0.4, -0.2) is 42.1 Å². The van der Waals surface area contributed by atoms with Crippen molar-refractivity contribution in [2.75, 3.05) is 25.0 Å². The van der Waals surface area contributed by atoms with E-state index in [1.165, 1.54) is 70.9 Å². The van der Waals surface area contributed by atoms with Gasteiger partial charge in [-0.3, -0.25) is 4.90 Å². The molecule has 1 heterocycles. The maximum atomic E-state index is 5.71. The van der Waals surface area contributed by atoms with E-state index in [4.69, 9.17) is 4.74 Å². The molecule has 18 heavy (non-hydrogen) atoms. The van der Waals surface area contributed by atoms with E-state index in [1.807, 2.05) is 0 Å². The standard InChI is InChI=1S/C15H28BrNO/c16-10-12-17(14-6-2-1-3-7-14)11-4-8-15-9-5-13-18-15/h14-15H,1-13H2. The Morgan fingerprint density at radius 3 is 2.50 bits per heavy atom. The van der Waals surface area contributed by atoms with Crippen LogP contribution in [0.25, 0.3) is 0 Å². The van der Waals surface area contributed by atoms with Gasteiger partial charge in [-0.1, -0.05) is 35.2 Å². The molecule has 3 heteroatoms. The van der Waals surface area contributed by atoms with Crippen molar-refractivity contribution in [1.29, 1.82) is 0 Å². The van der Waals surface area contributed by atoms with Crippen molar-refractivity contribution >= 4 is 15.9 Å². The van der Waals surface area contributed by atoms with Crippen LogP contribution in [0.5, 0.6) is 0 Å². The zero-order valence-corrected chi connectivity index (χ0v) is 13.2. The molecule has 0 radical (unpaired) electrons. The summed E-state index contributed by atoms with van der Waals surface area (Å²) in [6.45, 7) is 3.49. The number of rotatable bonds is 7. The van der Waals surface area contributed by atoms with Crippen LogP contribution in [0.2, 0.25) is 0 Å². The van der Waals surface area contributed by atoms with E-state index >= 15 is 0 Å². The summed E-state index contributed by atoms with van der Waals surface area (Å²) < 4.78 is 5.71. The average Bonchev–Trinajstić information content (AvgIpc) is 2.92. The summed E-state index contributed by atoms with van der Waals surface area (Å²) in [6, 6.07) is 0.862. The van der Waals surface area contributed by atoms with Crippen LogP contribution in [0, 0.1) is 0 Å². The lowest BCUT2D eigenvalue weighted by molar-refractivity contribution is 0.0938.